The molecule has 0 atom stereocenters. The van der Waals surface area contributed by atoms with E-state index in [0.29, 0.717) is 31.1 Å². The molecule has 5 heteroatoms. The van der Waals surface area contributed by atoms with Gasteiger partial charge in [0.05, 0.1) is 24.9 Å². The maximum atomic E-state index is 11.4. The molecule has 0 radical (unpaired) electrons. The molecule has 1 rings (SSSR count). The Labute approximate surface area is 95.0 Å². The number of carbonyl (C=O) groups is 1. The van der Waals surface area contributed by atoms with Crippen molar-refractivity contribution in [2.24, 2.45) is 0 Å². The number of rotatable bonds is 6. The van der Waals surface area contributed by atoms with Crippen LogP contribution in [0.25, 0.3) is 0 Å². The lowest BCUT2D eigenvalue weighted by Gasteiger charge is -2.05. The van der Waals surface area contributed by atoms with E-state index in [1.807, 2.05) is 6.92 Å². The number of nitrogens with two attached hydrogens (primary N) is 1. The number of anilines is 2. The van der Waals surface area contributed by atoms with Crippen LogP contribution in [0.4, 0.5) is 11.5 Å². The van der Waals surface area contributed by atoms with Gasteiger partial charge in [0.2, 0.25) is 5.91 Å². The zero-order valence-corrected chi connectivity index (χ0v) is 9.40. The number of pyridine rings is 1. The number of ether oxygens (including phenoxy) is 1. The predicted octanol–water partition coefficient (Wildman–Crippen LogP) is 1.42. The lowest BCUT2D eigenvalue weighted by Crippen LogP contribution is -2.14. The largest absolute Gasteiger partial charge is 0.384 e. The zero-order valence-electron chi connectivity index (χ0n) is 9.40. The first-order valence-corrected chi connectivity index (χ1v) is 5.31. The van der Waals surface area contributed by atoms with Crippen molar-refractivity contribution < 1.29 is 9.53 Å². The minimum absolute atomic E-state index is 0.0809. The monoisotopic (exact) mass is 223 g/mol. The van der Waals surface area contributed by atoms with E-state index in [9.17, 15) is 4.79 Å². The molecule has 3 N–H and O–H groups in total. The Morgan fingerprint density at radius 2 is 2.31 bits per heavy atom. The smallest absolute Gasteiger partial charge is 0.226 e. The van der Waals surface area contributed by atoms with Crippen LogP contribution >= 0.6 is 0 Å². The standard InChI is InChI=1S/C11H17N3O2/c1-2-6-16-7-5-11(15)14-9-3-4-10(12)13-8-9/h3-4,8H,2,5-7H2,1H3,(H2,12,13)(H,14,15). The Hall–Kier alpha value is -1.62. The molecule has 0 unspecified atom stereocenters. The van der Waals surface area contributed by atoms with Crippen LogP contribution in [0, 0.1) is 0 Å². The van der Waals surface area contributed by atoms with Crippen molar-refractivity contribution in [1.29, 1.82) is 0 Å². The highest BCUT2D eigenvalue weighted by molar-refractivity contribution is 5.90. The summed E-state index contributed by atoms with van der Waals surface area (Å²) in [7, 11) is 0. The molecule has 0 saturated carbocycles. The van der Waals surface area contributed by atoms with E-state index >= 15 is 0 Å². The van der Waals surface area contributed by atoms with E-state index in [0.717, 1.165) is 6.42 Å². The summed E-state index contributed by atoms with van der Waals surface area (Å²) in [5.41, 5.74) is 6.08. The molecule has 1 aromatic heterocycles. The van der Waals surface area contributed by atoms with Gasteiger partial charge in [-0.15, -0.1) is 0 Å². The van der Waals surface area contributed by atoms with Gasteiger partial charge in [-0.25, -0.2) is 4.98 Å². The van der Waals surface area contributed by atoms with Crippen LogP contribution < -0.4 is 11.1 Å². The number of nitrogens with zero attached hydrogens (tertiary/aromatic N) is 1. The highest BCUT2D eigenvalue weighted by Gasteiger charge is 2.02. The molecule has 0 fully saturated rings. The third kappa shape index (κ3) is 4.75. The van der Waals surface area contributed by atoms with E-state index in [-0.39, 0.29) is 5.91 Å². The number of nitrogen functional groups attached to an aromatic ring is 1. The van der Waals surface area contributed by atoms with Crippen molar-refractivity contribution in [3.63, 3.8) is 0 Å². The summed E-state index contributed by atoms with van der Waals surface area (Å²) in [6.45, 7) is 3.17. The quantitative estimate of drug-likeness (QED) is 0.715. The van der Waals surface area contributed by atoms with Gasteiger partial charge in [0.1, 0.15) is 5.82 Å². The van der Waals surface area contributed by atoms with Crippen LogP contribution in [-0.2, 0) is 9.53 Å². The summed E-state index contributed by atoms with van der Waals surface area (Å²) in [6, 6.07) is 3.36. The molecular weight excluding hydrogens is 206 g/mol. The molecule has 0 aliphatic rings. The zero-order chi connectivity index (χ0) is 11.8. The average Bonchev–Trinajstić information content (AvgIpc) is 2.28. The van der Waals surface area contributed by atoms with Gasteiger partial charge in [-0.2, -0.15) is 0 Å². The van der Waals surface area contributed by atoms with Gasteiger partial charge in [0.15, 0.2) is 0 Å². The fourth-order valence-corrected chi connectivity index (χ4v) is 1.11. The number of amides is 1. The fraction of sp³-hybridized carbons (Fsp3) is 0.455. The van der Waals surface area contributed by atoms with Gasteiger partial charge in [-0.3, -0.25) is 4.79 Å². The van der Waals surface area contributed by atoms with Crippen LogP contribution in [0.2, 0.25) is 0 Å². The first-order chi connectivity index (χ1) is 7.72. The maximum Gasteiger partial charge on any atom is 0.226 e. The van der Waals surface area contributed by atoms with Crippen molar-refractivity contribution in [3.8, 4) is 0 Å². The van der Waals surface area contributed by atoms with Gasteiger partial charge in [-0.1, -0.05) is 6.92 Å². The summed E-state index contributed by atoms with van der Waals surface area (Å²) in [5, 5.41) is 2.71. The molecule has 88 valence electrons. The Kier molecular flexibility index (Phi) is 5.28. The highest BCUT2D eigenvalue weighted by Crippen LogP contribution is 2.07. The van der Waals surface area contributed by atoms with Crippen molar-refractivity contribution in [1.82, 2.24) is 4.98 Å². The summed E-state index contributed by atoms with van der Waals surface area (Å²) < 4.78 is 5.21. The molecule has 0 bridgehead atoms. The van der Waals surface area contributed by atoms with Crippen LogP contribution in [0.1, 0.15) is 19.8 Å². The van der Waals surface area contributed by atoms with Crippen LogP contribution in [0.3, 0.4) is 0 Å². The van der Waals surface area contributed by atoms with Gasteiger partial charge in [0, 0.05) is 6.61 Å². The molecule has 16 heavy (non-hydrogen) atoms. The molecule has 1 aromatic rings. The van der Waals surface area contributed by atoms with Crippen LogP contribution in [0.15, 0.2) is 18.3 Å². The van der Waals surface area contributed by atoms with Crippen LogP contribution in [-0.4, -0.2) is 24.1 Å². The average molecular weight is 223 g/mol. The van der Waals surface area contributed by atoms with Crippen molar-refractivity contribution in [2.45, 2.75) is 19.8 Å². The molecule has 1 amide bonds. The third-order valence-corrected chi connectivity index (χ3v) is 1.89. The molecule has 0 aliphatic carbocycles. The van der Waals surface area contributed by atoms with E-state index < -0.39 is 0 Å². The summed E-state index contributed by atoms with van der Waals surface area (Å²) in [6.07, 6.45) is 2.84. The second kappa shape index (κ2) is 6.79. The number of hydrogen-bond acceptors (Lipinski definition) is 4. The molecular formula is C11H17N3O2. The number of carbonyl (C=O) groups excluding carboxylic acids is 1. The van der Waals surface area contributed by atoms with Crippen molar-refractivity contribution in [3.05, 3.63) is 18.3 Å². The van der Waals surface area contributed by atoms with E-state index in [1.165, 1.54) is 6.20 Å². The third-order valence-electron chi connectivity index (χ3n) is 1.89. The summed E-state index contributed by atoms with van der Waals surface area (Å²) in [5.74, 6) is 0.354. The Morgan fingerprint density at radius 1 is 1.50 bits per heavy atom. The molecule has 1 heterocycles. The maximum absolute atomic E-state index is 11.4. The lowest BCUT2D eigenvalue weighted by molar-refractivity contribution is -0.117. The van der Waals surface area contributed by atoms with Crippen molar-refractivity contribution >= 4 is 17.4 Å². The molecule has 0 aromatic carbocycles. The normalized spacial score (nSPS) is 10.1. The van der Waals surface area contributed by atoms with Gasteiger partial charge in [-0.05, 0) is 18.6 Å². The van der Waals surface area contributed by atoms with Crippen molar-refractivity contribution in [2.75, 3.05) is 24.3 Å². The topological polar surface area (TPSA) is 77.2 Å². The fourth-order valence-electron chi connectivity index (χ4n) is 1.11. The first-order valence-electron chi connectivity index (χ1n) is 5.31. The molecule has 0 spiro atoms. The molecule has 5 nitrogen and oxygen atoms in total. The van der Waals surface area contributed by atoms with E-state index in [4.69, 9.17) is 10.5 Å². The highest BCUT2D eigenvalue weighted by atomic mass is 16.5. The predicted molar refractivity (Wildman–Crippen MR) is 63.0 cm³/mol. The summed E-state index contributed by atoms with van der Waals surface area (Å²) >= 11 is 0. The minimum Gasteiger partial charge on any atom is -0.384 e. The number of aromatic nitrogens is 1. The van der Waals surface area contributed by atoms with E-state index in [1.54, 1.807) is 12.1 Å². The van der Waals surface area contributed by atoms with Crippen LogP contribution in [0.5, 0.6) is 0 Å². The summed E-state index contributed by atoms with van der Waals surface area (Å²) in [4.78, 5) is 15.3. The minimum atomic E-state index is -0.0809. The second-order valence-corrected chi connectivity index (χ2v) is 3.38. The van der Waals surface area contributed by atoms with E-state index in [2.05, 4.69) is 10.3 Å². The van der Waals surface area contributed by atoms with Gasteiger partial charge in [0.25, 0.3) is 0 Å². The number of nitrogens with one attached hydrogen (secondary N) is 1. The molecule has 0 saturated heterocycles. The Balaban J connectivity index is 2.26. The number of hydrogen-bond donors (Lipinski definition) is 2. The lowest BCUT2D eigenvalue weighted by atomic mass is 10.3. The second-order valence-electron chi connectivity index (χ2n) is 3.38. The first kappa shape index (κ1) is 12.4. The van der Waals surface area contributed by atoms with Gasteiger partial charge < -0.3 is 15.8 Å². The molecule has 0 aliphatic heterocycles. The Bertz CT molecular complexity index is 325. The SMILES string of the molecule is CCCOCCC(=O)Nc1ccc(N)nc1. The Morgan fingerprint density at radius 3 is 2.94 bits per heavy atom. The van der Waals surface area contributed by atoms with Gasteiger partial charge >= 0.3 is 0 Å².